The van der Waals surface area contributed by atoms with Gasteiger partial charge in [-0.2, -0.15) is 0 Å². The topological polar surface area (TPSA) is 21.3 Å². The SMILES string of the molecule is C=CCNCCOC. The van der Waals surface area contributed by atoms with E-state index < -0.39 is 0 Å². The summed E-state index contributed by atoms with van der Waals surface area (Å²) in [6.07, 6.45) is 1.83. The van der Waals surface area contributed by atoms with E-state index in [0.717, 1.165) is 19.7 Å². The monoisotopic (exact) mass is 115 g/mol. The highest BCUT2D eigenvalue weighted by Gasteiger charge is 1.78. The third-order valence-corrected chi connectivity index (χ3v) is 0.772. The van der Waals surface area contributed by atoms with E-state index in [1.807, 2.05) is 6.08 Å². The lowest BCUT2D eigenvalue weighted by molar-refractivity contribution is 0.200. The molecule has 0 fully saturated rings. The molecule has 0 bridgehead atoms. The fourth-order valence-corrected chi connectivity index (χ4v) is 0.378. The van der Waals surface area contributed by atoms with Crippen molar-refractivity contribution in [3.63, 3.8) is 0 Å². The Kier molecular flexibility index (Phi) is 6.38. The molecule has 0 aliphatic heterocycles. The van der Waals surface area contributed by atoms with Gasteiger partial charge in [0.1, 0.15) is 0 Å². The maximum absolute atomic E-state index is 4.79. The fourth-order valence-electron chi connectivity index (χ4n) is 0.378. The van der Waals surface area contributed by atoms with E-state index >= 15 is 0 Å². The van der Waals surface area contributed by atoms with Gasteiger partial charge in [0.15, 0.2) is 0 Å². The Bertz CT molecular complexity index is 54.5. The van der Waals surface area contributed by atoms with E-state index in [1.54, 1.807) is 7.11 Å². The molecule has 1 N–H and O–H groups in total. The summed E-state index contributed by atoms with van der Waals surface area (Å²) in [5.74, 6) is 0. The summed E-state index contributed by atoms with van der Waals surface area (Å²) >= 11 is 0. The molecular formula is C6H13NO. The second-order valence-corrected chi connectivity index (χ2v) is 1.49. The van der Waals surface area contributed by atoms with Gasteiger partial charge >= 0.3 is 0 Å². The largest absolute Gasteiger partial charge is 0.383 e. The van der Waals surface area contributed by atoms with Crippen molar-refractivity contribution >= 4 is 0 Å². The number of hydrogen-bond acceptors (Lipinski definition) is 2. The minimum Gasteiger partial charge on any atom is -0.383 e. The molecule has 0 aromatic carbocycles. The van der Waals surface area contributed by atoms with Gasteiger partial charge in [-0.15, -0.1) is 6.58 Å². The van der Waals surface area contributed by atoms with Crippen LogP contribution in [0.3, 0.4) is 0 Å². The van der Waals surface area contributed by atoms with Crippen LogP contribution >= 0.6 is 0 Å². The van der Waals surface area contributed by atoms with E-state index in [2.05, 4.69) is 11.9 Å². The molecule has 8 heavy (non-hydrogen) atoms. The molecule has 0 atom stereocenters. The lowest BCUT2D eigenvalue weighted by Gasteiger charge is -1.97. The van der Waals surface area contributed by atoms with Crippen LogP contribution in [0.2, 0.25) is 0 Å². The number of nitrogens with one attached hydrogen (secondary N) is 1. The van der Waals surface area contributed by atoms with Gasteiger partial charge in [-0.05, 0) is 0 Å². The molecule has 0 heterocycles. The number of methoxy groups -OCH3 is 1. The zero-order valence-electron chi connectivity index (χ0n) is 5.31. The zero-order chi connectivity index (χ0) is 6.24. The van der Waals surface area contributed by atoms with Crippen molar-refractivity contribution in [1.29, 1.82) is 0 Å². The predicted octanol–water partition coefficient (Wildman–Crippen LogP) is 0.408. The van der Waals surface area contributed by atoms with Gasteiger partial charge in [-0.25, -0.2) is 0 Å². The quantitative estimate of drug-likeness (QED) is 0.414. The fraction of sp³-hybridized carbons (Fsp3) is 0.667. The van der Waals surface area contributed by atoms with Crippen LogP contribution in [-0.2, 0) is 4.74 Å². The molecule has 0 saturated carbocycles. The van der Waals surface area contributed by atoms with Gasteiger partial charge in [-0.1, -0.05) is 6.08 Å². The number of ether oxygens (including phenoxy) is 1. The highest BCUT2D eigenvalue weighted by Crippen LogP contribution is 1.63. The Hall–Kier alpha value is -0.340. The molecule has 0 aromatic heterocycles. The van der Waals surface area contributed by atoms with Crippen molar-refractivity contribution in [1.82, 2.24) is 5.32 Å². The van der Waals surface area contributed by atoms with Crippen LogP contribution in [0.5, 0.6) is 0 Å². The molecule has 48 valence electrons. The van der Waals surface area contributed by atoms with Crippen molar-refractivity contribution in [2.24, 2.45) is 0 Å². The number of hydrogen-bond donors (Lipinski definition) is 1. The minimum atomic E-state index is 0.772. The first-order chi connectivity index (χ1) is 3.91. The van der Waals surface area contributed by atoms with Crippen LogP contribution < -0.4 is 5.32 Å². The average molecular weight is 115 g/mol. The first-order valence-electron chi connectivity index (χ1n) is 2.72. The molecule has 0 spiro atoms. The second-order valence-electron chi connectivity index (χ2n) is 1.49. The summed E-state index contributed by atoms with van der Waals surface area (Å²) in [6.45, 7) is 6.10. The summed E-state index contributed by atoms with van der Waals surface area (Å²) in [5, 5.41) is 3.09. The van der Waals surface area contributed by atoms with Crippen molar-refractivity contribution in [3.8, 4) is 0 Å². The third-order valence-electron chi connectivity index (χ3n) is 0.772. The lowest BCUT2D eigenvalue weighted by atomic mass is 10.6. The summed E-state index contributed by atoms with van der Waals surface area (Å²) < 4.78 is 4.79. The average Bonchev–Trinajstić information content (AvgIpc) is 1.81. The van der Waals surface area contributed by atoms with Crippen LogP contribution in [0.25, 0.3) is 0 Å². The Morgan fingerprint density at radius 2 is 2.50 bits per heavy atom. The van der Waals surface area contributed by atoms with Gasteiger partial charge < -0.3 is 10.1 Å². The number of rotatable bonds is 5. The second kappa shape index (κ2) is 6.66. The van der Waals surface area contributed by atoms with E-state index in [1.165, 1.54) is 0 Å². The minimum absolute atomic E-state index is 0.772. The van der Waals surface area contributed by atoms with Crippen molar-refractivity contribution in [2.45, 2.75) is 0 Å². The first-order valence-corrected chi connectivity index (χ1v) is 2.72. The maximum atomic E-state index is 4.79. The van der Waals surface area contributed by atoms with Gasteiger partial charge in [-0.3, -0.25) is 0 Å². The first kappa shape index (κ1) is 7.66. The normalized spacial score (nSPS) is 9.12. The summed E-state index contributed by atoms with van der Waals surface area (Å²) in [6, 6.07) is 0. The van der Waals surface area contributed by atoms with E-state index in [4.69, 9.17) is 4.74 Å². The smallest absolute Gasteiger partial charge is 0.0587 e. The van der Waals surface area contributed by atoms with Gasteiger partial charge in [0, 0.05) is 20.2 Å². The highest BCUT2D eigenvalue weighted by molar-refractivity contribution is 4.68. The van der Waals surface area contributed by atoms with Gasteiger partial charge in [0.25, 0.3) is 0 Å². The molecule has 0 rings (SSSR count). The molecule has 0 aromatic rings. The van der Waals surface area contributed by atoms with Crippen LogP contribution in [-0.4, -0.2) is 26.8 Å². The third kappa shape index (κ3) is 5.66. The van der Waals surface area contributed by atoms with E-state index in [-0.39, 0.29) is 0 Å². The Morgan fingerprint density at radius 1 is 1.75 bits per heavy atom. The van der Waals surface area contributed by atoms with E-state index in [9.17, 15) is 0 Å². The van der Waals surface area contributed by atoms with Crippen LogP contribution in [0.4, 0.5) is 0 Å². The molecule has 2 heteroatoms. The van der Waals surface area contributed by atoms with Crippen molar-refractivity contribution < 1.29 is 4.74 Å². The summed E-state index contributed by atoms with van der Waals surface area (Å²) in [7, 11) is 1.69. The molecule has 0 aliphatic carbocycles. The van der Waals surface area contributed by atoms with Crippen molar-refractivity contribution in [3.05, 3.63) is 12.7 Å². The van der Waals surface area contributed by atoms with E-state index in [0.29, 0.717) is 0 Å². The highest BCUT2D eigenvalue weighted by atomic mass is 16.5. The molecule has 0 aliphatic rings. The maximum Gasteiger partial charge on any atom is 0.0587 e. The summed E-state index contributed by atoms with van der Waals surface area (Å²) in [4.78, 5) is 0. The molecule has 2 nitrogen and oxygen atoms in total. The molecule has 0 amide bonds. The van der Waals surface area contributed by atoms with Gasteiger partial charge in [0.2, 0.25) is 0 Å². The van der Waals surface area contributed by atoms with Crippen LogP contribution in [0.15, 0.2) is 12.7 Å². The molecule has 0 saturated heterocycles. The lowest BCUT2D eigenvalue weighted by Crippen LogP contribution is -2.18. The van der Waals surface area contributed by atoms with Gasteiger partial charge in [0.05, 0.1) is 6.61 Å². The summed E-state index contributed by atoms with van der Waals surface area (Å²) in [5.41, 5.74) is 0. The molecule has 0 unspecified atom stereocenters. The molecule has 0 radical (unpaired) electrons. The Balaban J connectivity index is 2.62. The van der Waals surface area contributed by atoms with Crippen LogP contribution in [0.1, 0.15) is 0 Å². The zero-order valence-corrected chi connectivity index (χ0v) is 5.31. The van der Waals surface area contributed by atoms with Crippen molar-refractivity contribution in [2.75, 3.05) is 26.8 Å². The van der Waals surface area contributed by atoms with Crippen LogP contribution in [0, 0.1) is 0 Å². The Morgan fingerprint density at radius 3 is 3.00 bits per heavy atom. The standard InChI is InChI=1S/C6H13NO/c1-3-4-7-5-6-8-2/h3,7H,1,4-6H2,2H3. The Labute approximate surface area is 50.5 Å². The molecular weight excluding hydrogens is 102 g/mol. The predicted molar refractivity (Wildman–Crippen MR) is 34.9 cm³/mol.